The predicted octanol–water partition coefficient (Wildman–Crippen LogP) is 4.20. The van der Waals surface area contributed by atoms with E-state index in [1.165, 1.54) is 24.3 Å². The van der Waals surface area contributed by atoms with Gasteiger partial charge in [0.2, 0.25) is 0 Å². The number of carbonyl (C=O) groups excluding carboxylic acids is 1. The summed E-state index contributed by atoms with van der Waals surface area (Å²) in [6, 6.07) is 8.13. The minimum absolute atomic E-state index is 0.00567. The quantitative estimate of drug-likeness (QED) is 0.802. The van der Waals surface area contributed by atoms with Gasteiger partial charge in [0.25, 0.3) is 5.91 Å². The smallest absolute Gasteiger partial charge is 0.255 e. The van der Waals surface area contributed by atoms with Crippen molar-refractivity contribution >= 4 is 39.1 Å². The van der Waals surface area contributed by atoms with Crippen molar-refractivity contribution in [1.82, 2.24) is 0 Å². The molecule has 0 atom stereocenters. The summed E-state index contributed by atoms with van der Waals surface area (Å²) >= 11 is 9.03. The third-order valence-electron chi connectivity index (χ3n) is 2.38. The number of anilines is 1. The molecule has 2 N–H and O–H groups in total. The lowest BCUT2D eigenvalue weighted by molar-refractivity contribution is 0.102. The van der Waals surface area contributed by atoms with Gasteiger partial charge in [-0.3, -0.25) is 4.79 Å². The van der Waals surface area contributed by atoms with Gasteiger partial charge < -0.3 is 10.4 Å². The molecule has 2 rings (SSSR count). The molecule has 2 aromatic carbocycles. The van der Waals surface area contributed by atoms with Crippen molar-refractivity contribution in [2.75, 3.05) is 5.32 Å². The molecule has 0 fully saturated rings. The Bertz CT molecular complexity index is 649. The first-order valence-corrected chi connectivity index (χ1v) is 6.39. The first-order valence-electron chi connectivity index (χ1n) is 5.22. The van der Waals surface area contributed by atoms with Gasteiger partial charge in [-0.15, -0.1) is 0 Å². The van der Waals surface area contributed by atoms with Crippen molar-refractivity contribution in [3.05, 3.63) is 57.3 Å². The molecule has 0 spiro atoms. The molecule has 0 heterocycles. The van der Waals surface area contributed by atoms with Crippen LogP contribution in [0.1, 0.15) is 10.4 Å². The fraction of sp³-hybridized carbons (Fsp3) is 0. The largest absolute Gasteiger partial charge is 0.508 e. The van der Waals surface area contributed by atoms with Crippen LogP contribution >= 0.6 is 27.5 Å². The molecule has 0 aromatic heterocycles. The van der Waals surface area contributed by atoms with Crippen LogP contribution in [0.5, 0.6) is 5.75 Å². The molecular formula is C13H8BrClFNO2. The fourth-order valence-corrected chi connectivity index (χ4v) is 1.93. The number of aromatic hydroxyl groups is 1. The van der Waals surface area contributed by atoms with E-state index in [2.05, 4.69) is 21.2 Å². The molecule has 0 aliphatic heterocycles. The summed E-state index contributed by atoms with van der Waals surface area (Å²) in [6.45, 7) is 0. The maximum absolute atomic E-state index is 13.5. The van der Waals surface area contributed by atoms with Crippen molar-refractivity contribution in [2.24, 2.45) is 0 Å². The number of phenolic OH excluding ortho intramolecular Hbond substituents is 1. The summed E-state index contributed by atoms with van der Waals surface area (Å²) in [4.78, 5) is 11.9. The summed E-state index contributed by atoms with van der Waals surface area (Å²) in [5, 5.41) is 12.0. The first-order chi connectivity index (χ1) is 8.97. The Hall–Kier alpha value is -1.59. The number of rotatable bonds is 2. The van der Waals surface area contributed by atoms with E-state index in [9.17, 15) is 9.18 Å². The van der Waals surface area contributed by atoms with E-state index in [-0.39, 0.29) is 11.4 Å². The monoisotopic (exact) mass is 343 g/mol. The van der Waals surface area contributed by atoms with E-state index in [0.717, 1.165) is 6.07 Å². The summed E-state index contributed by atoms with van der Waals surface area (Å²) in [6.07, 6.45) is 0. The lowest BCUT2D eigenvalue weighted by Gasteiger charge is -2.07. The van der Waals surface area contributed by atoms with Gasteiger partial charge in [0.05, 0.1) is 10.7 Å². The molecule has 0 bridgehead atoms. The van der Waals surface area contributed by atoms with Crippen LogP contribution in [-0.4, -0.2) is 11.0 Å². The normalized spacial score (nSPS) is 10.3. The van der Waals surface area contributed by atoms with E-state index in [4.69, 9.17) is 16.7 Å². The van der Waals surface area contributed by atoms with E-state index >= 15 is 0 Å². The highest BCUT2D eigenvalue weighted by Gasteiger charge is 2.11. The number of benzene rings is 2. The van der Waals surface area contributed by atoms with Crippen LogP contribution in [0.15, 0.2) is 40.9 Å². The van der Waals surface area contributed by atoms with E-state index in [0.29, 0.717) is 15.1 Å². The zero-order valence-electron chi connectivity index (χ0n) is 9.45. The summed E-state index contributed by atoms with van der Waals surface area (Å²) in [5.74, 6) is -1.38. The molecule has 3 nitrogen and oxygen atoms in total. The second-order valence-corrected chi connectivity index (χ2v) is 5.01. The molecule has 2 aromatic rings. The molecule has 98 valence electrons. The average Bonchev–Trinajstić information content (AvgIpc) is 2.36. The predicted molar refractivity (Wildman–Crippen MR) is 75.2 cm³/mol. The van der Waals surface area contributed by atoms with Gasteiger partial charge in [-0.2, -0.15) is 0 Å². The number of halogens is 3. The Morgan fingerprint density at radius 1 is 1.26 bits per heavy atom. The molecule has 0 radical (unpaired) electrons. The summed E-state index contributed by atoms with van der Waals surface area (Å²) in [5.41, 5.74) is 0.331. The number of amides is 1. The van der Waals surface area contributed by atoms with Gasteiger partial charge >= 0.3 is 0 Å². The maximum atomic E-state index is 13.5. The fourth-order valence-electron chi connectivity index (χ4n) is 1.44. The third-order valence-corrected chi connectivity index (χ3v) is 3.60. The number of carbonyl (C=O) groups is 1. The highest BCUT2D eigenvalue weighted by molar-refractivity contribution is 9.10. The Kier molecular flexibility index (Phi) is 4.07. The topological polar surface area (TPSA) is 49.3 Å². The van der Waals surface area contributed by atoms with Crippen LogP contribution in [0.25, 0.3) is 0 Å². The van der Waals surface area contributed by atoms with Gasteiger partial charge in [-0.1, -0.05) is 11.6 Å². The Labute approximate surface area is 122 Å². The Morgan fingerprint density at radius 3 is 2.63 bits per heavy atom. The van der Waals surface area contributed by atoms with Crippen molar-refractivity contribution < 1.29 is 14.3 Å². The van der Waals surface area contributed by atoms with Crippen LogP contribution in [0.2, 0.25) is 5.02 Å². The molecule has 0 saturated heterocycles. The van der Waals surface area contributed by atoms with Gasteiger partial charge in [0, 0.05) is 16.1 Å². The molecule has 0 unspecified atom stereocenters. The van der Waals surface area contributed by atoms with Crippen molar-refractivity contribution in [3.8, 4) is 5.75 Å². The van der Waals surface area contributed by atoms with Gasteiger partial charge in [-0.05, 0) is 46.3 Å². The minimum Gasteiger partial charge on any atom is -0.508 e. The van der Waals surface area contributed by atoms with Crippen molar-refractivity contribution in [3.63, 3.8) is 0 Å². The van der Waals surface area contributed by atoms with Gasteiger partial charge in [0.15, 0.2) is 0 Å². The lowest BCUT2D eigenvalue weighted by Crippen LogP contribution is -2.12. The Balaban J connectivity index is 2.23. The average molecular weight is 345 g/mol. The molecule has 19 heavy (non-hydrogen) atoms. The first kappa shape index (κ1) is 13.8. The number of hydrogen-bond acceptors (Lipinski definition) is 2. The highest BCUT2D eigenvalue weighted by atomic mass is 79.9. The van der Waals surface area contributed by atoms with E-state index in [1.807, 2.05) is 0 Å². The standard InChI is InChI=1S/C13H8BrClFNO2/c14-9-5-7(1-3-10(9)15)13(19)17-12-4-2-8(18)6-11(12)16/h1-6,18H,(H,17,19). The molecule has 1 amide bonds. The Morgan fingerprint density at radius 2 is 2.00 bits per heavy atom. The maximum Gasteiger partial charge on any atom is 0.255 e. The zero-order chi connectivity index (χ0) is 14.0. The van der Waals surface area contributed by atoms with E-state index < -0.39 is 11.7 Å². The lowest BCUT2D eigenvalue weighted by atomic mass is 10.2. The zero-order valence-corrected chi connectivity index (χ0v) is 11.8. The van der Waals surface area contributed by atoms with Crippen molar-refractivity contribution in [1.29, 1.82) is 0 Å². The summed E-state index contributed by atoms with van der Waals surface area (Å²) in [7, 11) is 0. The summed E-state index contributed by atoms with van der Waals surface area (Å²) < 4.78 is 14.0. The van der Waals surface area contributed by atoms with Gasteiger partial charge in [-0.25, -0.2) is 4.39 Å². The van der Waals surface area contributed by atoms with Crippen LogP contribution < -0.4 is 5.32 Å². The number of phenols is 1. The third kappa shape index (κ3) is 3.24. The molecule has 0 aliphatic carbocycles. The number of hydrogen-bond donors (Lipinski definition) is 2. The van der Waals surface area contributed by atoms with Crippen LogP contribution in [0, 0.1) is 5.82 Å². The SMILES string of the molecule is O=C(Nc1ccc(O)cc1F)c1ccc(Cl)c(Br)c1. The number of nitrogens with one attached hydrogen (secondary N) is 1. The second-order valence-electron chi connectivity index (χ2n) is 3.75. The van der Waals surface area contributed by atoms with Gasteiger partial charge in [0.1, 0.15) is 11.6 Å². The van der Waals surface area contributed by atoms with Crippen LogP contribution in [0.4, 0.5) is 10.1 Å². The van der Waals surface area contributed by atoms with Crippen LogP contribution in [0.3, 0.4) is 0 Å². The minimum atomic E-state index is -0.707. The van der Waals surface area contributed by atoms with E-state index in [1.54, 1.807) is 6.07 Å². The molecule has 0 saturated carbocycles. The van der Waals surface area contributed by atoms with Crippen LogP contribution in [-0.2, 0) is 0 Å². The highest BCUT2D eigenvalue weighted by Crippen LogP contribution is 2.24. The van der Waals surface area contributed by atoms with Crippen molar-refractivity contribution in [2.45, 2.75) is 0 Å². The molecule has 0 aliphatic rings. The second kappa shape index (κ2) is 5.59. The molecular weight excluding hydrogens is 337 g/mol. The molecule has 6 heteroatoms.